The van der Waals surface area contributed by atoms with Gasteiger partial charge in [-0.1, -0.05) is 27.7 Å². The van der Waals surface area contributed by atoms with Crippen LogP contribution < -0.4 is 0 Å². The minimum atomic E-state index is -0.596. The molecule has 3 amide bonds. The molecule has 0 aromatic carbocycles. The third kappa shape index (κ3) is 3.35. The molecule has 2 atom stereocenters. The van der Waals surface area contributed by atoms with Crippen LogP contribution in [0.3, 0.4) is 0 Å². The van der Waals surface area contributed by atoms with Crippen molar-refractivity contribution >= 4 is 17.7 Å². The van der Waals surface area contributed by atoms with E-state index in [0.29, 0.717) is 38.5 Å². The Bertz CT molecular complexity index is 583. The van der Waals surface area contributed by atoms with E-state index in [1.54, 1.807) is 0 Å². The van der Waals surface area contributed by atoms with Crippen LogP contribution in [0.2, 0.25) is 0 Å². The van der Waals surface area contributed by atoms with Crippen molar-refractivity contribution in [1.82, 2.24) is 14.7 Å². The Morgan fingerprint density at radius 3 is 2.08 bits per heavy atom. The number of hydrogen-bond acceptors (Lipinski definition) is 3. The molecule has 6 heteroatoms. The summed E-state index contributed by atoms with van der Waals surface area (Å²) < 4.78 is 0. The van der Waals surface area contributed by atoms with Gasteiger partial charge in [-0.05, 0) is 18.8 Å². The van der Waals surface area contributed by atoms with Crippen LogP contribution in [0.25, 0.3) is 0 Å². The molecule has 0 radical (unpaired) electrons. The van der Waals surface area contributed by atoms with Crippen molar-refractivity contribution in [1.29, 1.82) is 0 Å². The fourth-order valence-electron chi connectivity index (χ4n) is 4.80. The molecule has 3 saturated heterocycles. The van der Waals surface area contributed by atoms with Crippen LogP contribution in [-0.4, -0.2) is 71.7 Å². The molecule has 3 aliphatic rings. The summed E-state index contributed by atoms with van der Waals surface area (Å²) in [5, 5.41) is 0. The smallest absolute Gasteiger partial charge is 0.232 e. The van der Waals surface area contributed by atoms with Crippen molar-refractivity contribution in [3.63, 3.8) is 0 Å². The zero-order valence-electron chi connectivity index (χ0n) is 16.7. The molecule has 3 heterocycles. The topological polar surface area (TPSA) is 60.9 Å². The van der Waals surface area contributed by atoms with Gasteiger partial charge in [-0.25, -0.2) is 0 Å². The lowest BCUT2D eigenvalue weighted by molar-refractivity contribution is -0.142. The van der Waals surface area contributed by atoms with Crippen LogP contribution in [0.4, 0.5) is 0 Å². The number of carbonyl (C=O) groups excluding carboxylic acids is 3. The van der Waals surface area contributed by atoms with Gasteiger partial charge >= 0.3 is 0 Å². The van der Waals surface area contributed by atoms with E-state index < -0.39 is 5.41 Å². The first kappa shape index (κ1) is 19.2. The molecule has 3 rings (SSSR count). The predicted molar refractivity (Wildman–Crippen MR) is 99.2 cm³/mol. The van der Waals surface area contributed by atoms with Gasteiger partial charge in [-0.2, -0.15) is 0 Å². The van der Waals surface area contributed by atoms with Crippen LogP contribution in [-0.2, 0) is 14.4 Å². The van der Waals surface area contributed by atoms with Gasteiger partial charge in [0.05, 0.1) is 5.41 Å². The molecule has 0 spiro atoms. The highest BCUT2D eigenvalue weighted by molar-refractivity contribution is 5.88. The molecule has 3 fully saturated rings. The first-order valence-electron chi connectivity index (χ1n) is 10.1. The number of fused-ring (bicyclic) bond motifs is 1. The second-order valence-electron chi connectivity index (χ2n) is 9.10. The van der Waals surface area contributed by atoms with Crippen molar-refractivity contribution in [2.24, 2.45) is 23.2 Å². The highest BCUT2D eigenvalue weighted by Gasteiger charge is 2.60. The molecular formula is C20H33N3O3. The summed E-state index contributed by atoms with van der Waals surface area (Å²) in [6.07, 6.45) is 2.63. The van der Waals surface area contributed by atoms with E-state index in [2.05, 4.69) is 0 Å². The maximum Gasteiger partial charge on any atom is 0.232 e. The van der Waals surface area contributed by atoms with Gasteiger partial charge in [-0.3, -0.25) is 14.4 Å². The quantitative estimate of drug-likeness (QED) is 0.762. The fraction of sp³-hybridized carbons (Fsp3) is 0.850. The number of hydrogen-bond donors (Lipinski definition) is 0. The van der Waals surface area contributed by atoms with Gasteiger partial charge in [0.1, 0.15) is 0 Å². The maximum atomic E-state index is 13.4. The van der Waals surface area contributed by atoms with Crippen LogP contribution in [0.15, 0.2) is 0 Å². The number of rotatable bonds is 4. The van der Waals surface area contributed by atoms with Crippen LogP contribution in [0.1, 0.15) is 47.0 Å². The average Bonchev–Trinajstić information content (AvgIpc) is 3.26. The third-order valence-electron chi connectivity index (χ3n) is 6.17. The molecule has 3 aliphatic heterocycles. The number of likely N-dealkylation sites (tertiary alicyclic amines) is 3. The summed E-state index contributed by atoms with van der Waals surface area (Å²) >= 11 is 0. The second-order valence-corrected chi connectivity index (χ2v) is 9.10. The van der Waals surface area contributed by atoms with E-state index in [1.807, 2.05) is 42.4 Å². The first-order chi connectivity index (χ1) is 12.2. The van der Waals surface area contributed by atoms with E-state index in [1.165, 1.54) is 0 Å². The van der Waals surface area contributed by atoms with Crippen molar-refractivity contribution in [3.05, 3.63) is 0 Å². The zero-order chi connectivity index (χ0) is 19.1. The van der Waals surface area contributed by atoms with Crippen LogP contribution in [0, 0.1) is 23.2 Å². The van der Waals surface area contributed by atoms with Gasteiger partial charge < -0.3 is 14.7 Å². The number of amides is 3. The van der Waals surface area contributed by atoms with Gasteiger partial charge in [0, 0.05) is 57.5 Å². The average molecular weight is 364 g/mol. The first-order valence-corrected chi connectivity index (χ1v) is 10.1. The fourth-order valence-corrected chi connectivity index (χ4v) is 4.80. The Labute approximate surface area is 156 Å². The largest absolute Gasteiger partial charge is 0.342 e. The monoisotopic (exact) mass is 363 g/mol. The van der Waals surface area contributed by atoms with Crippen LogP contribution >= 0.6 is 0 Å². The molecule has 0 bridgehead atoms. The number of carbonyl (C=O) groups is 3. The minimum absolute atomic E-state index is 0.0635. The van der Waals surface area contributed by atoms with Crippen molar-refractivity contribution < 1.29 is 14.4 Å². The minimum Gasteiger partial charge on any atom is -0.342 e. The summed E-state index contributed by atoms with van der Waals surface area (Å²) in [6, 6.07) is 0. The molecule has 0 aromatic rings. The van der Waals surface area contributed by atoms with E-state index in [4.69, 9.17) is 0 Å². The van der Waals surface area contributed by atoms with Crippen molar-refractivity contribution in [2.75, 3.05) is 39.3 Å². The molecule has 146 valence electrons. The Balaban J connectivity index is 1.82. The molecule has 0 aliphatic carbocycles. The van der Waals surface area contributed by atoms with Gasteiger partial charge in [-0.15, -0.1) is 0 Å². The van der Waals surface area contributed by atoms with E-state index in [9.17, 15) is 14.4 Å². The Kier molecular flexibility index (Phi) is 5.31. The highest BCUT2D eigenvalue weighted by Crippen LogP contribution is 2.45. The standard InChI is InChI=1S/C20H33N3O3/c1-14(2)9-17(24)22-10-16-11-23(18(25)15(3)4)13-20(16,12-22)19(26)21-7-5-6-8-21/h14-16H,5-13H2,1-4H3/t16-,20-/m1/s1. The molecule has 0 aromatic heterocycles. The lowest BCUT2D eigenvalue weighted by Crippen LogP contribution is -2.49. The lowest BCUT2D eigenvalue weighted by atomic mass is 9.79. The zero-order valence-corrected chi connectivity index (χ0v) is 16.7. The van der Waals surface area contributed by atoms with E-state index in [0.717, 1.165) is 25.9 Å². The van der Waals surface area contributed by atoms with E-state index in [-0.39, 0.29) is 29.6 Å². The summed E-state index contributed by atoms with van der Waals surface area (Å²) in [7, 11) is 0. The molecule has 26 heavy (non-hydrogen) atoms. The van der Waals surface area contributed by atoms with Gasteiger partial charge in [0.25, 0.3) is 0 Å². The second kappa shape index (κ2) is 7.20. The number of nitrogens with zero attached hydrogens (tertiary/aromatic N) is 3. The van der Waals surface area contributed by atoms with Gasteiger partial charge in [0.15, 0.2) is 0 Å². The highest BCUT2D eigenvalue weighted by atomic mass is 16.2. The maximum absolute atomic E-state index is 13.4. The molecule has 0 saturated carbocycles. The summed E-state index contributed by atoms with van der Waals surface area (Å²) in [5.74, 6) is 0.740. The summed E-state index contributed by atoms with van der Waals surface area (Å²) in [4.78, 5) is 44.3. The summed E-state index contributed by atoms with van der Waals surface area (Å²) in [5.41, 5.74) is -0.596. The summed E-state index contributed by atoms with van der Waals surface area (Å²) in [6.45, 7) is 11.7. The molecule has 0 unspecified atom stereocenters. The molecule has 0 N–H and O–H groups in total. The Hall–Kier alpha value is -1.59. The lowest BCUT2D eigenvalue weighted by Gasteiger charge is -2.32. The van der Waals surface area contributed by atoms with E-state index >= 15 is 0 Å². The SMILES string of the molecule is CC(C)CC(=O)N1C[C@@H]2CN(C(=O)C(C)C)C[C@]2(C(=O)N2CCCC2)C1. The Morgan fingerprint density at radius 2 is 1.50 bits per heavy atom. The van der Waals surface area contributed by atoms with Gasteiger partial charge in [0.2, 0.25) is 17.7 Å². The molecular weight excluding hydrogens is 330 g/mol. The third-order valence-corrected chi connectivity index (χ3v) is 6.17. The molecule has 6 nitrogen and oxygen atoms in total. The predicted octanol–water partition coefficient (Wildman–Crippen LogP) is 1.60. The Morgan fingerprint density at radius 1 is 0.923 bits per heavy atom. The van der Waals surface area contributed by atoms with Crippen LogP contribution in [0.5, 0.6) is 0 Å². The normalized spacial score (nSPS) is 28.4. The van der Waals surface area contributed by atoms with Crippen molar-refractivity contribution in [2.45, 2.75) is 47.0 Å². The van der Waals surface area contributed by atoms with Crippen molar-refractivity contribution in [3.8, 4) is 0 Å².